The van der Waals surface area contributed by atoms with Gasteiger partial charge in [-0.25, -0.2) is 4.57 Å². The molecule has 3 aromatic carbocycles. The van der Waals surface area contributed by atoms with E-state index in [1.165, 1.54) is 33.2 Å². The molecule has 2 aliphatic rings. The Morgan fingerprint density at radius 2 is 1.95 bits per heavy atom. The molecule has 3 aromatic heterocycles. The second-order valence-electron chi connectivity index (χ2n) is 11.9. The van der Waals surface area contributed by atoms with Crippen LogP contribution in [0.15, 0.2) is 95.6 Å². The number of imidazole rings is 1. The first-order chi connectivity index (χ1) is 20.4. The highest BCUT2D eigenvalue weighted by Crippen LogP contribution is 2.45. The number of hydrogen-bond acceptors (Lipinski definition) is 3. The number of aryl methyl sites for hydroxylation is 4. The van der Waals surface area contributed by atoms with Crippen molar-refractivity contribution in [2.45, 2.75) is 45.1 Å². The molecule has 0 aliphatic carbocycles. The van der Waals surface area contributed by atoms with E-state index in [0.29, 0.717) is 0 Å². The van der Waals surface area contributed by atoms with Gasteiger partial charge in [0.1, 0.15) is 16.8 Å². The molecule has 206 valence electrons. The summed E-state index contributed by atoms with van der Waals surface area (Å²) in [5.41, 5.74) is 13.4. The molecule has 5 heterocycles. The van der Waals surface area contributed by atoms with Gasteiger partial charge in [-0.05, 0) is 61.1 Å². The zero-order valence-electron chi connectivity index (χ0n) is 24.3. The maximum Gasteiger partial charge on any atom is 0.298 e. The Morgan fingerprint density at radius 3 is 2.81 bits per heavy atom. The average Bonchev–Trinajstić information content (AvgIpc) is 3.51. The largest absolute Gasteiger partial charge is 0.455 e. The molecular weight excluding hydrogens is 516 g/mol. The topological polar surface area (TPSA) is 47.2 Å². The van der Waals surface area contributed by atoms with Gasteiger partial charge in [0.05, 0.1) is 25.0 Å². The number of allylic oxidation sites excluding steroid dienone is 1. The predicted octanol–water partition coefficient (Wildman–Crippen LogP) is 7.99. The Kier molecular flexibility index (Phi) is 5.42. The molecular formula is C37H33N4O+. The normalized spacial score (nSPS) is 18.4. The summed E-state index contributed by atoms with van der Waals surface area (Å²) in [6.45, 7) is 13.2. The standard InChI is InChI=1S/C37H33N4O/c1-6-29-26-10-8-7-9-25(26)27-14-12-24-18-22(3)34-28-13-11-21(2)17-33(28)42-36(34)35(24)37-40(5)32-20-38-16-15-31(32)41(37)23(4)19-30(27)39-29/h6-11,13,15-18,20,27,30H,1,4,12,14,19H2,2-3,5H3/q+1. The fourth-order valence-electron chi connectivity index (χ4n) is 7.51. The van der Waals surface area contributed by atoms with Crippen molar-refractivity contribution in [3.8, 4) is 11.4 Å². The molecule has 5 nitrogen and oxygen atoms in total. The summed E-state index contributed by atoms with van der Waals surface area (Å²) in [5.74, 6) is 1.34. The van der Waals surface area contributed by atoms with Gasteiger partial charge in [-0.3, -0.25) is 9.98 Å². The first-order valence-corrected chi connectivity index (χ1v) is 14.7. The Balaban J connectivity index is 1.47. The molecule has 0 fully saturated rings. The van der Waals surface area contributed by atoms with E-state index in [1.54, 1.807) is 0 Å². The molecule has 8 rings (SSSR count). The van der Waals surface area contributed by atoms with Crippen LogP contribution in [0, 0.1) is 13.8 Å². The number of fused-ring (bicyclic) bond motifs is 12. The third-order valence-corrected chi connectivity index (χ3v) is 9.40. The fourth-order valence-corrected chi connectivity index (χ4v) is 7.51. The monoisotopic (exact) mass is 549 g/mol. The van der Waals surface area contributed by atoms with E-state index in [1.807, 2.05) is 18.5 Å². The van der Waals surface area contributed by atoms with E-state index in [0.717, 1.165) is 69.6 Å². The van der Waals surface area contributed by atoms with Crippen molar-refractivity contribution in [2.24, 2.45) is 12.0 Å². The Hall–Kier alpha value is -4.77. The third kappa shape index (κ3) is 3.46. The Labute approximate surface area is 245 Å². The lowest BCUT2D eigenvalue weighted by Crippen LogP contribution is -2.32. The highest BCUT2D eigenvalue weighted by Gasteiger charge is 2.37. The van der Waals surface area contributed by atoms with Crippen LogP contribution in [0.25, 0.3) is 50.1 Å². The van der Waals surface area contributed by atoms with Crippen LogP contribution in [0.5, 0.6) is 0 Å². The fraction of sp³-hybridized carbons (Fsp3) is 0.216. The summed E-state index contributed by atoms with van der Waals surface area (Å²) in [4.78, 5) is 9.79. The van der Waals surface area contributed by atoms with Crippen LogP contribution in [-0.4, -0.2) is 21.3 Å². The number of rotatable bonds is 1. The van der Waals surface area contributed by atoms with Gasteiger partial charge >= 0.3 is 0 Å². The van der Waals surface area contributed by atoms with E-state index in [4.69, 9.17) is 16.0 Å². The van der Waals surface area contributed by atoms with E-state index in [-0.39, 0.29) is 12.0 Å². The molecule has 0 spiro atoms. The zero-order valence-corrected chi connectivity index (χ0v) is 24.3. The van der Waals surface area contributed by atoms with Crippen LogP contribution in [0.2, 0.25) is 0 Å². The number of nitrogens with zero attached hydrogens (tertiary/aromatic N) is 4. The molecule has 0 bridgehead atoms. The number of pyridine rings is 1. The van der Waals surface area contributed by atoms with Gasteiger partial charge in [0.15, 0.2) is 16.6 Å². The quantitative estimate of drug-likeness (QED) is 0.195. The highest BCUT2D eigenvalue weighted by atomic mass is 16.3. The molecule has 0 saturated carbocycles. The highest BCUT2D eigenvalue weighted by molar-refractivity contribution is 6.12. The minimum absolute atomic E-state index is 0.0680. The predicted molar refractivity (Wildman–Crippen MR) is 171 cm³/mol. The molecule has 2 aliphatic heterocycles. The van der Waals surface area contributed by atoms with Gasteiger partial charge in [0.2, 0.25) is 0 Å². The van der Waals surface area contributed by atoms with Gasteiger partial charge in [0.25, 0.3) is 5.82 Å². The lowest BCUT2D eigenvalue weighted by Gasteiger charge is -2.32. The zero-order chi connectivity index (χ0) is 28.7. The smallest absolute Gasteiger partial charge is 0.298 e. The van der Waals surface area contributed by atoms with Crippen LogP contribution in [-0.2, 0) is 13.5 Å². The molecule has 0 amide bonds. The number of furan rings is 1. The van der Waals surface area contributed by atoms with Crippen molar-refractivity contribution in [3.05, 3.63) is 114 Å². The minimum Gasteiger partial charge on any atom is -0.455 e. The number of aromatic nitrogens is 3. The van der Waals surface area contributed by atoms with Crippen LogP contribution in [0.3, 0.4) is 0 Å². The minimum atomic E-state index is 0.0680. The molecule has 2 unspecified atom stereocenters. The lowest BCUT2D eigenvalue weighted by atomic mass is 9.78. The summed E-state index contributed by atoms with van der Waals surface area (Å²) in [5, 5.41) is 2.34. The molecule has 6 aromatic rings. The molecule has 0 saturated heterocycles. The van der Waals surface area contributed by atoms with Crippen molar-refractivity contribution in [2.75, 3.05) is 0 Å². The molecule has 0 radical (unpaired) electrons. The molecule has 5 heteroatoms. The van der Waals surface area contributed by atoms with Gasteiger partial charge in [-0.1, -0.05) is 55.6 Å². The average molecular weight is 550 g/mol. The van der Waals surface area contributed by atoms with Crippen molar-refractivity contribution in [1.29, 1.82) is 0 Å². The van der Waals surface area contributed by atoms with Gasteiger partial charge in [-0.15, -0.1) is 0 Å². The van der Waals surface area contributed by atoms with E-state index in [9.17, 15) is 0 Å². The maximum atomic E-state index is 6.81. The van der Waals surface area contributed by atoms with Crippen molar-refractivity contribution in [1.82, 2.24) is 9.55 Å². The van der Waals surface area contributed by atoms with Crippen molar-refractivity contribution in [3.63, 3.8) is 0 Å². The Morgan fingerprint density at radius 1 is 1.10 bits per heavy atom. The summed E-state index contributed by atoms with van der Waals surface area (Å²) >= 11 is 0. The lowest BCUT2D eigenvalue weighted by molar-refractivity contribution is -0.633. The van der Waals surface area contributed by atoms with Crippen LogP contribution in [0.4, 0.5) is 0 Å². The van der Waals surface area contributed by atoms with Crippen LogP contribution in [0.1, 0.15) is 46.6 Å². The van der Waals surface area contributed by atoms with E-state index >= 15 is 0 Å². The van der Waals surface area contributed by atoms with Crippen molar-refractivity contribution < 1.29 is 8.98 Å². The van der Waals surface area contributed by atoms with Crippen LogP contribution < -0.4 is 4.57 Å². The SMILES string of the molecule is C=CC1=NC2CC(=C)n3c([n+](C)c4cnccc43)-c3c(cc(C)c4c3oc3cc(C)ccc34)CCC2c2ccccc21. The molecule has 42 heavy (non-hydrogen) atoms. The maximum absolute atomic E-state index is 6.81. The summed E-state index contributed by atoms with van der Waals surface area (Å²) in [7, 11) is 2.13. The second-order valence-corrected chi connectivity index (χ2v) is 11.9. The van der Waals surface area contributed by atoms with Gasteiger partial charge < -0.3 is 4.42 Å². The summed E-state index contributed by atoms with van der Waals surface area (Å²) in [6, 6.07) is 19.8. The van der Waals surface area contributed by atoms with Gasteiger partial charge in [-0.2, -0.15) is 4.57 Å². The number of hydrogen-bond donors (Lipinski definition) is 0. The molecule has 0 N–H and O–H groups in total. The first kappa shape index (κ1) is 25.0. The van der Waals surface area contributed by atoms with Crippen LogP contribution >= 0.6 is 0 Å². The summed E-state index contributed by atoms with van der Waals surface area (Å²) in [6.07, 6.45) is 8.33. The Bertz CT molecular complexity index is 2160. The summed E-state index contributed by atoms with van der Waals surface area (Å²) < 4.78 is 11.4. The first-order valence-electron chi connectivity index (χ1n) is 14.7. The number of benzene rings is 3. The van der Waals surface area contributed by atoms with E-state index in [2.05, 4.69) is 96.2 Å². The second kappa shape index (κ2) is 9.12. The third-order valence-electron chi connectivity index (χ3n) is 9.40. The van der Waals surface area contributed by atoms with Gasteiger partial charge in [0, 0.05) is 40.9 Å². The number of aliphatic imine (C=N–C) groups is 1. The van der Waals surface area contributed by atoms with Crippen molar-refractivity contribution >= 4 is 44.4 Å². The molecule has 2 atom stereocenters. The van der Waals surface area contributed by atoms with E-state index < -0.39 is 0 Å².